The Bertz CT molecular complexity index is 684. The summed E-state index contributed by atoms with van der Waals surface area (Å²) in [6, 6.07) is 10.6. The van der Waals surface area contributed by atoms with Gasteiger partial charge in [0.1, 0.15) is 5.75 Å². The van der Waals surface area contributed by atoms with Crippen LogP contribution in [0.1, 0.15) is 28.8 Å². The standard InChI is InChI=1S/C19H25N3OS.HI/c1-14-5-8-16(18(10-14)23-13-15-6-7-15)11-21-19(20-2)22-12-17-4-3-9-24-17;/h3-5,8-10,15H,6-7,11-13H2,1-2H3,(H2,20,21,22);1H. The summed E-state index contributed by atoms with van der Waals surface area (Å²) in [6.45, 7) is 4.42. The van der Waals surface area contributed by atoms with Gasteiger partial charge in [0.15, 0.2) is 5.96 Å². The van der Waals surface area contributed by atoms with Gasteiger partial charge in [0, 0.05) is 24.0 Å². The van der Waals surface area contributed by atoms with E-state index in [4.69, 9.17) is 4.74 Å². The molecule has 0 atom stereocenters. The van der Waals surface area contributed by atoms with Crippen LogP contribution in [0.3, 0.4) is 0 Å². The maximum absolute atomic E-state index is 6.03. The van der Waals surface area contributed by atoms with E-state index in [1.54, 1.807) is 18.4 Å². The summed E-state index contributed by atoms with van der Waals surface area (Å²) in [5, 5.41) is 8.80. The molecule has 0 unspecified atom stereocenters. The zero-order valence-electron chi connectivity index (χ0n) is 14.7. The summed E-state index contributed by atoms with van der Waals surface area (Å²) < 4.78 is 6.03. The second-order valence-electron chi connectivity index (χ2n) is 6.22. The van der Waals surface area contributed by atoms with Crippen LogP contribution in [-0.2, 0) is 13.1 Å². The fourth-order valence-corrected chi connectivity index (χ4v) is 3.06. The van der Waals surface area contributed by atoms with E-state index in [-0.39, 0.29) is 24.0 Å². The molecular formula is C19H26IN3OS. The number of thiophene rings is 1. The summed E-state index contributed by atoms with van der Waals surface area (Å²) in [6.07, 6.45) is 2.61. The quantitative estimate of drug-likeness (QED) is 0.359. The van der Waals surface area contributed by atoms with Crippen molar-refractivity contribution >= 4 is 41.3 Å². The zero-order valence-corrected chi connectivity index (χ0v) is 17.9. The third-order valence-electron chi connectivity index (χ3n) is 4.07. The molecular weight excluding hydrogens is 445 g/mol. The molecule has 136 valence electrons. The van der Waals surface area contributed by atoms with E-state index in [0.717, 1.165) is 30.8 Å². The molecule has 3 rings (SSSR count). The van der Waals surface area contributed by atoms with Gasteiger partial charge in [-0.05, 0) is 48.8 Å². The fourth-order valence-electron chi connectivity index (χ4n) is 2.42. The summed E-state index contributed by atoms with van der Waals surface area (Å²) in [5.74, 6) is 2.55. The number of hydrogen-bond acceptors (Lipinski definition) is 3. The number of aryl methyl sites for hydroxylation is 1. The van der Waals surface area contributed by atoms with Crippen molar-refractivity contribution in [2.24, 2.45) is 10.9 Å². The lowest BCUT2D eigenvalue weighted by molar-refractivity contribution is 0.296. The van der Waals surface area contributed by atoms with Crippen molar-refractivity contribution in [3.63, 3.8) is 0 Å². The van der Waals surface area contributed by atoms with Gasteiger partial charge < -0.3 is 15.4 Å². The number of rotatable bonds is 7. The van der Waals surface area contributed by atoms with E-state index in [2.05, 4.69) is 58.3 Å². The molecule has 0 radical (unpaired) electrons. The topological polar surface area (TPSA) is 45.7 Å². The smallest absolute Gasteiger partial charge is 0.191 e. The largest absolute Gasteiger partial charge is 0.493 e. The molecule has 0 aliphatic heterocycles. The average Bonchev–Trinajstić information content (AvgIpc) is 3.28. The van der Waals surface area contributed by atoms with Crippen molar-refractivity contribution in [2.75, 3.05) is 13.7 Å². The molecule has 25 heavy (non-hydrogen) atoms. The Balaban J connectivity index is 0.00000225. The summed E-state index contributed by atoms with van der Waals surface area (Å²) in [5.41, 5.74) is 2.39. The zero-order chi connectivity index (χ0) is 16.8. The molecule has 1 aliphatic carbocycles. The van der Waals surface area contributed by atoms with Crippen LogP contribution < -0.4 is 15.4 Å². The van der Waals surface area contributed by atoms with E-state index >= 15 is 0 Å². The minimum atomic E-state index is 0. The van der Waals surface area contributed by atoms with Crippen LogP contribution in [0.4, 0.5) is 0 Å². The Kier molecular flexibility index (Phi) is 8.02. The Morgan fingerprint density at radius 2 is 2.04 bits per heavy atom. The van der Waals surface area contributed by atoms with Crippen molar-refractivity contribution in [1.82, 2.24) is 10.6 Å². The number of nitrogens with one attached hydrogen (secondary N) is 2. The lowest BCUT2D eigenvalue weighted by Crippen LogP contribution is -2.36. The third kappa shape index (κ3) is 6.51. The van der Waals surface area contributed by atoms with Crippen molar-refractivity contribution in [2.45, 2.75) is 32.9 Å². The average molecular weight is 471 g/mol. The molecule has 1 aromatic carbocycles. The van der Waals surface area contributed by atoms with E-state index in [9.17, 15) is 0 Å². The van der Waals surface area contributed by atoms with Crippen molar-refractivity contribution in [3.05, 3.63) is 51.7 Å². The number of aliphatic imine (C=N–C) groups is 1. The fraction of sp³-hybridized carbons (Fsp3) is 0.421. The molecule has 0 bridgehead atoms. The molecule has 1 aliphatic rings. The molecule has 0 saturated heterocycles. The number of ether oxygens (including phenoxy) is 1. The molecule has 2 N–H and O–H groups in total. The minimum absolute atomic E-state index is 0. The summed E-state index contributed by atoms with van der Waals surface area (Å²) in [4.78, 5) is 5.59. The van der Waals surface area contributed by atoms with Gasteiger partial charge in [0.2, 0.25) is 0 Å². The lowest BCUT2D eigenvalue weighted by Gasteiger charge is -2.15. The molecule has 1 fully saturated rings. The van der Waals surface area contributed by atoms with E-state index in [1.165, 1.54) is 28.8 Å². The maximum atomic E-state index is 6.03. The number of benzene rings is 1. The molecule has 6 heteroatoms. The second kappa shape index (κ2) is 10.0. The van der Waals surface area contributed by atoms with Gasteiger partial charge in [0.25, 0.3) is 0 Å². The number of hydrogen-bond donors (Lipinski definition) is 2. The Morgan fingerprint density at radius 1 is 1.24 bits per heavy atom. The van der Waals surface area contributed by atoms with Crippen LogP contribution in [0.2, 0.25) is 0 Å². The molecule has 4 nitrogen and oxygen atoms in total. The first kappa shape index (κ1) is 20.0. The maximum Gasteiger partial charge on any atom is 0.191 e. The van der Waals surface area contributed by atoms with Gasteiger partial charge in [-0.25, -0.2) is 0 Å². The number of guanidine groups is 1. The third-order valence-corrected chi connectivity index (χ3v) is 4.95. The highest BCUT2D eigenvalue weighted by atomic mass is 127. The first-order valence-electron chi connectivity index (χ1n) is 8.44. The van der Waals surface area contributed by atoms with Crippen molar-refractivity contribution in [3.8, 4) is 5.75 Å². The highest BCUT2D eigenvalue weighted by Gasteiger charge is 2.22. The van der Waals surface area contributed by atoms with E-state index in [0.29, 0.717) is 6.54 Å². The van der Waals surface area contributed by atoms with Gasteiger partial charge in [-0.15, -0.1) is 35.3 Å². The lowest BCUT2D eigenvalue weighted by atomic mass is 10.1. The van der Waals surface area contributed by atoms with Crippen LogP contribution in [0.5, 0.6) is 5.75 Å². The van der Waals surface area contributed by atoms with Crippen LogP contribution in [0.25, 0.3) is 0 Å². The Labute approximate surface area is 171 Å². The van der Waals surface area contributed by atoms with E-state index < -0.39 is 0 Å². The molecule has 0 amide bonds. The van der Waals surface area contributed by atoms with Crippen LogP contribution in [0, 0.1) is 12.8 Å². The monoisotopic (exact) mass is 471 g/mol. The Morgan fingerprint density at radius 3 is 2.72 bits per heavy atom. The number of halogens is 1. The van der Waals surface area contributed by atoms with Gasteiger partial charge in [-0.2, -0.15) is 0 Å². The molecule has 0 spiro atoms. The van der Waals surface area contributed by atoms with Crippen LogP contribution >= 0.6 is 35.3 Å². The first-order valence-corrected chi connectivity index (χ1v) is 9.32. The van der Waals surface area contributed by atoms with Crippen molar-refractivity contribution < 1.29 is 4.74 Å². The van der Waals surface area contributed by atoms with Crippen LogP contribution in [0.15, 0.2) is 40.7 Å². The predicted octanol–water partition coefficient (Wildman–Crippen LogP) is 4.33. The highest BCUT2D eigenvalue weighted by molar-refractivity contribution is 14.0. The van der Waals surface area contributed by atoms with Gasteiger partial charge >= 0.3 is 0 Å². The number of nitrogens with zero attached hydrogens (tertiary/aromatic N) is 1. The van der Waals surface area contributed by atoms with Crippen molar-refractivity contribution in [1.29, 1.82) is 0 Å². The molecule has 2 aromatic rings. The normalized spacial score (nSPS) is 13.9. The first-order chi connectivity index (χ1) is 11.7. The molecule has 1 aromatic heterocycles. The highest BCUT2D eigenvalue weighted by Crippen LogP contribution is 2.30. The minimum Gasteiger partial charge on any atom is -0.493 e. The predicted molar refractivity (Wildman–Crippen MR) is 116 cm³/mol. The summed E-state index contributed by atoms with van der Waals surface area (Å²) >= 11 is 1.74. The molecule has 1 heterocycles. The van der Waals surface area contributed by atoms with Gasteiger partial charge in [0.05, 0.1) is 13.2 Å². The Hall–Kier alpha value is -1.28. The van der Waals surface area contributed by atoms with Crippen LogP contribution in [-0.4, -0.2) is 19.6 Å². The molecule has 1 saturated carbocycles. The van der Waals surface area contributed by atoms with Gasteiger partial charge in [-0.1, -0.05) is 18.2 Å². The van der Waals surface area contributed by atoms with E-state index in [1.807, 2.05) is 0 Å². The van der Waals surface area contributed by atoms with Gasteiger partial charge in [-0.3, -0.25) is 4.99 Å². The second-order valence-corrected chi connectivity index (χ2v) is 7.26. The summed E-state index contributed by atoms with van der Waals surface area (Å²) in [7, 11) is 1.80. The SMILES string of the molecule is CN=C(NCc1cccs1)NCc1ccc(C)cc1OCC1CC1.I.